The van der Waals surface area contributed by atoms with Crippen LogP contribution in [-0.4, -0.2) is 25.5 Å². The predicted molar refractivity (Wildman–Crippen MR) is 99.5 cm³/mol. The van der Waals surface area contributed by atoms with Crippen molar-refractivity contribution in [3.63, 3.8) is 0 Å². The topological polar surface area (TPSA) is 91.4 Å². The Morgan fingerprint density at radius 3 is 2.46 bits per heavy atom. The second kappa shape index (κ2) is 6.93. The van der Waals surface area contributed by atoms with Crippen molar-refractivity contribution in [1.29, 1.82) is 0 Å². The standard InChI is InChI=1S/C19H20N2O4S/c1-13-6-8-15(9-7-13)26(23,24)25-19(22)18-12-16-14(2)4-3-5-17(16)21(18)11-10-20/h3-9,12H,10-11,20H2,1-2H3. The van der Waals surface area contributed by atoms with Crippen molar-refractivity contribution in [2.24, 2.45) is 5.73 Å². The number of aromatic nitrogens is 1. The summed E-state index contributed by atoms with van der Waals surface area (Å²) in [4.78, 5) is 12.6. The van der Waals surface area contributed by atoms with E-state index in [1.54, 1.807) is 22.8 Å². The summed E-state index contributed by atoms with van der Waals surface area (Å²) >= 11 is 0. The number of aryl methyl sites for hydroxylation is 2. The van der Waals surface area contributed by atoms with Crippen LogP contribution in [-0.2, 0) is 20.8 Å². The molecule has 0 atom stereocenters. The van der Waals surface area contributed by atoms with E-state index in [0.29, 0.717) is 13.1 Å². The lowest BCUT2D eigenvalue weighted by molar-refractivity contribution is 0.0736. The van der Waals surface area contributed by atoms with Gasteiger partial charge in [0.05, 0.1) is 0 Å². The number of fused-ring (bicyclic) bond motifs is 1. The highest BCUT2D eigenvalue weighted by atomic mass is 32.2. The minimum absolute atomic E-state index is 0.0610. The highest BCUT2D eigenvalue weighted by molar-refractivity contribution is 7.87. The second-order valence-electron chi connectivity index (χ2n) is 6.12. The summed E-state index contributed by atoms with van der Waals surface area (Å²) < 4.78 is 31.4. The summed E-state index contributed by atoms with van der Waals surface area (Å²) in [6.45, 7) is 4.45. The van der Waals surface area contributed by atoms with Crippen molar-refractivity contribution in [3.05, 3.63) is 65.4 Å². The molecule has 1 aromatic heterocycles. The molecule has 0 radical (unpaired) electrons. The largest absolute Gasteiger partial charge is 0.370 e. The number of carbonyl (C=O) groups is 1. The van der Waals surface area contributed by atoms with Crippen LogP contribution in [0.25, 0.3) is 10.9 Å². The van der Waals surface area contributed by atoms with Crippen molar-refractivity contribution in [1.82, 2.24) is 4.57 Å². The zero-order chi connectivity index (χ0) is 18.9. The molecule has 0 amide bonds. The molecular formula is C19H20N2O4S. The van der Waals surface area contributed by atoms with E-state index >= 15 is 0 Å². The monoisotopic (exact) mass is 372 g/mol. The fourth-order valence-electron chi connectivity index (χ4n) is 2.87. The van der Waals surface area contributed by atoms with Crippen LogP contribution in [0.5, 0.6) is 0 Å². The number of nitrogens with two attached hydrogens (primary N) is 1. The molecule has 0 aliphatic heterocycles. The fraction of sp³-hybridized carbons (Fsp3) is 0.211. The Kier molecular flexibility index (Phi) is 4.84. The fourth-order valence-corrected chi connectivity index (χ4v) is 3.72. The van der Waals surface area contributed by atoms with Crippen molar-refractivity contribution in [2.75, 3.05) is 6.54 Å². The van der Waals surface area contributed by atoms with Gasteiger partial charge in [0, 0.05) is 24.0 Å². The Morgan fingerprint density at radius 1 is 1.12 bits per heavy atom. The van der Waals surface area contributed by atoms with Crippen LogP contribution in [0.4, 0.5) is 0 Å². The lowest BCUT2D eigenvalue weighted by atomic mass is 10.1. The summed E-state index contributed by atoms with van der Waals surface area (Å²) in [5.74, 6) is -0.922. The third-order valence-corrected chi connectivity index (χ3v) is 5.44. The molecular weight excluding hydrogens is 352 g/mol. The Hall–Kier alpha value is -2.64. The highest BCUT2D eigenvalue weighted by Crippen LogP contribution is 2.25. The molecule has 0 aliphatic carbocycles. The lowest BCUT2D eigenvalue weighted by Crippen LogP contribution is -2.19. The molecule has 0 saturated heterocycles. The van der Waals surface area contributed by atoms with Crippen LogP contribution in [0.15, 0.2) is 53.4 Å². The van der Waals surface area contributed by atoms with Gasteiger partial charge in [-0.25, -0.2) is 4.79 Å². The Morgan fingerprint density at radius 2 is 1.81 bits per heavy atom. The Bertz CT molecular complexity index is 1070. The quantitative estimate of drug-likeness (QED) is 0.696. The zero-order valence-corrected chi connectivity index (χ0v) is 15.4. The zero-order valence-electron chi connectivity index (χ0n) is 14.6. The maximum atomic E-state index is 12.6. The maximum absolute atomic E-state index is 12.6. The molecule has 136 valence electrons. The second-order valence-corrected chi connectivity index (χ2v) is 7.66. The average Bonchev–Trinajstić information content (AvgIpc) is 2.96. The van der Waals surface area contributed by atoms with Gasteiger partial charge < -0.3 is 14.5 Å². The van der Waals surface area contributed by atoms with E-state index in [9.17, 15) is 13.2 Å². The van der Waals surface area contributed by atoms with Gasteiger partial charge in [-0.3, -0.25) is 0 Å². The molecule has 0 unspecified atom stereocenters. The van der Waals surface area contributed by atoms with Crippen molar-refractivity contribution in [2.45, 2.75) is 25.3 Å². The first-order valence-electron chi connectivity index (χ1n) is 8.18. The minimum atomic E-state index is -4.20. The third-order valence-electron chi connectivity index (χ3n) is 4.22. The SMILES string of the molecule is Cc1ccc(S(=O)(=O)OC(=O)c2cc3c(C)cccc3n2CCN)cc1. The van der Waals surface area contributed by atoms with Crippen LogP contribution in [0.1, 0.15) is 21.6 Å². The Balaban J connectivity index is 2.01. The minimum Gasteiger partial charge on any atom is -0.336 e. The number of carbonyl (C=O) groups excluding carboxylic acids is 1. The van der Waals surface area contributed by atoms with Crippen LogP contribution >= 0.6 is 0 Å². The molecule has 26 heavy (non-hydrogen) atoms. The molecule has 1 heterocycles. The van der Waals surface area contributed by atoms with Gasteiger partial charge in [-0.15, -0.1) is 0 Å². The number of rotatable bonds is 5. The molecule has 0 spiro atoms. The van der Waals surface area contributed by atoms with Gasteiger partial charge in [0.1, 0.15) is 10.6 Å². The van der Waals surface area contributed by atoms with E-state index in [1.807, 2.05) is 32.0 Å². The van der Waals surface area contributed by atoms with Gasteiger partial charge in [0.15, 0.2) is 0 Å². The Labute approximate surface area is 152 Å². The van der Waals surface area contributed by atoms with E-state index in [-0.39, 0.29) is 10.6 Å². The third kappa shape index (κ3) is 3.36. The van der Waals surface area contributed by atoms with E-state index in [1.165, 1.54) is 12.1 Å². The predicted octanol–water partition coefficient (Wildman–Crippen LogP) is 2.76. The van der Waals surface area contributed by atoms with Crippen LogP contribution in [0.2, 0.25) is 0 Å². The average molecular weight is 372 g/mol. The first kappa shape index (κ1) is 18.2. The normalized spacial score (nSPS) is 11.7. The van der Waals surface area contributed by atoms with Gasteiger partial charge in [-0.05, 0) is 43.7 Å². The molecule has 0 saturated carbocycles. The first-order chi connectivity index (χ1) is 12.3. The number of hydrogen-bond donors (Lipinski definition) is 1. The van der Waals surface area contributed by atoms with Gasteiger partial charge in [0.2, 0.25) is 0 Å². The first-order valence-corrected chi connectivity index (χ1v) is 9.59. The van der Waals surface area contributed by atoms with Gasteiger partial charge in [-0.1, -0.05) is 29.8 Å². The van der Waals surface area contributed by atoms with Crippen LogP contribution in [0.3, 0.4) is 0 Å². The lowest BCUT2D eigenvalue weighted by Gasteiger charge is -2.10. The summed E-state index contributed by atoms with van der Waals surface area (Å²) in [5, 5.41) is 0.862. The maximum Gasteiger partial charge on any atom is 0.370 e. The summed E-state index contributed by atoms with van der Waals surface area (Å²) in [6, 6.07) is 13.4. The molecule has 0 aliphatic rings. The summed E-state index contributed by atoms with van der Waals surface area (Å²) in [6.07, 6.45) is 0. The number of hydrogen-bond acceptors (Lipinski definition) is 5. The van der Waals surface area contributed by atoms with Gasteiger partial charge >= 0.3 is 16.1 Å². The smallest absolute Gasteiger partial charge is 0.336 e. The van der Waals surface area contributed by atoms with E-state index in [2.05, 4.69) is 0 Å². The molecule has 3 rings (SSSR count). The van der Waals surface area contributed by atoms with E-state index in [0.717, 1.165) is 22.0 Å². The van der Waals surface area contributed by atoms with Crippen LogP contribution in [0, 0.1) is 13.8 Å². The van der Waals surface area contributed by atoms with Crippen molar-refractivity contribution >= 4 is 27.0 Å². The molecule has 0 bridgehead atoms. The van der Waals surface area contributed by atoms with Crippen molar-refractivity contribution < 1.29 is 17.4 Å². The van der Waals surface area contributed by atoms with Gasteiger partial charge in [-0.2, -0.15) is 8.42 Å². The molecule has 2 aromatic carbocycles. The van der Waals surface area contributed by atoms with Gasteiger partial charge in [0.25, 0.3) is 0 Å². The highest BCUT2D eigenvalue weighted by Gasteiger charge is 2.25. The molecule has 2 N–H and O–H groups in total. The van der Waals surface area contributed by atoms with E-state index in [4.69, 9.17) is 9.92 Å². The van der Waals surface area contributed by atoms with E-state index < -0.39 is 16.1 Å². The van der Waals surface area contributed by atoms with Crippen LogP contribution < -0.4 is 5.73 Å². The molecule has 6 nitrogen and oxygen atoms in total. The summed E-state index contributed by atoms with van der Waals surface area (Å²) in [5.41, 5.74) is 8.53. The number of nitrogens with zero attached hydrogens (tertiary/aromatic N) is 1. The molecule has 3 aromatic rings. The molecule has 0 fully saturated rings. The van der Waals surface area contributed by atoms with Crippen molar-refractivity contribution in [3.8, 4) is 0 Å². The summed E-state index contributed by atoms with van der Waals surface area (Å²) in [7, 11) is -4.20. The number of benzene rings is 2. The molecule has 7 heteroatoms.